The number of carbonyl (C=O) groups excluding carboxylic acids is 1. The lowest BCUT2D eigenvalue weighted by Crippen LogP contribution is -2.50. The van der Waals surface area contributed by atoms with Gasteiger partial charge < -0.3 is 9.47 Å². The van der Waals surface area contributed by atoms with Gasteiger partial charge in [-0.25, -0.2) is 0 Å². The smallest absolute Gasteiger partial charge is 0.326 e. The van der Waals surface area contributed by atoms with Crippen LogP contribution in [-0.2, 0) is 22.5 Å². The molecule has 4 heteroatoms. The van der Waals surface area contributed by atoms with Crippen LogP contribution in [0.3, 0.4) is 0 Å². The van der Waals surface area contributed by atoms with Crippen LogP contribution < -0.4 is 10.1 Å². The van der Waals surface area contributed by atoms with E-state index in [4.69, 9.17) is 9.47 Å². The Balaban J connectivity index is 2.03. The maximum absolute atomic E-state index is 12.5. The number of esters is 1. The second-order valence-electron chi connectivity index (χ2n) is 6.24. The lowest BCUT2D eigenvalue weighted by Gasteiger charge is -2.29. The van der Waals surface area contributed by atoms with Crippen molar-refractivity contribution in [3.05, 3.63) is 65.7 Å². The van der Waals surface area contributed by atoms with Crippen LogP contribution in [0, 0.1) is 0 Å². The molecular weight excluding hydrogens is 314 g/mol. The van der Waals surface area contributed by atoms with Crippen LogP contribution >= 0.6 is 0 Å². The van der Waals surface area contributed by atoms with Crippen LogP contribution in [0.2, 0.25) is 0 Å². The fraction of sp³-hybridized carbons (Fsp3) is 0.381. The molecule has 0 fully saturated rings. The first-order chi connectivity index (χ1) is 12.1. The number of carbonyl (C=O) groups is 1. The molecule has 134 valence electrons. The second-order valence-corrected chi connectivity index (χ2v) is 6.24. The first-order valence-electron chi connectivity index (χ1n) is 8.66. The zero-order valence-corrected chi connectivity index (χ0v) is 15.2. The third-order valence-electron chi connectivity index (χ3n) is 4.32. The van der Waals surface area contributed by atoms with E-state index in [1.165, 1.54) is 0 Å². The van der Waals surface area contributed by atoms with Gasteiger partial charge in [-0.3, -0.25) is 10.1 Å². The van der Waals surface area contributed by atoms with Gasteiger partial charge in [-0.1, -0.05) is 42.5 Å². The molecule has 0 saturated heterocycles. The Morgan fingerprint density at radius 2 is 1.72 bits per heavy atom. The van der Waals surface area contributed by atoms with E-state index in [-0.39, 0.29) is 5.97 Å². The van der Waals surface area contributed by atoms with Crippen molar-refractivity contribution < 1.29 is 14.3 Å². The minimum atomic E-state index is -0.730. The zero-order chi connectivity index (χ0) is 18.1. The minimum Gasteiger partial charge on any atom is -0.497 e. The largest absolute Gasteiger partial charge is 0.497 e. The molecule has 2 aromatic carbocycles. The molecule has 0 heterocycles. The lowest BCUT2D eigenvalue weighted by atomic mass is 9.92. The predicted molar refractivity (Wildman–Crippen MR) is 99.6 cm³/mol. The maximum Gasteiger partial charge on any atom is 0.326 e. The molecule has 0 spiro atoms. The highest BCUT2D eigenvalue weighted by Gasteiger charge is 2.33. The topological polar surface area (TPSA) is 47.6 Å². The summed E-state index contributed by atoms with van der Waals surface area (Å²) in [4.78, 5) is 12.5. The average molecular weight is 341 g/mol. The predicted octanol–water partition coefficient (Wildman–Crippen LogP) is 3.74. The minimum absolute atomic E-state index is 0.209. The molecule has 0 amide bonds. The highest BCUT2D eigenvalue weighted by atomic mass is 16.5. The molecule has 0 aliphatic carbocycles. The number of aryl methyl sites for hydroxylation is 1. The van der Waals surface area contributed by atoms with Crippen LogP contribution in [0.1, 0.15) is 31.4 Å². The summed E-state index contributed by atoms with van der Waals surface area (Å²) in [7, 11) is 1.65. The molecule has 1 atom stereocenters. The Hall–Kier alpha value is -2.33. The Kier molecular flexibility index (Phi) is 7.02. The monoisotopic (exact) mass is 341 g/mol. The Bertz CT molecular complexity index is 655. The molecule has 4 nitrogen and oxygen atoms in total. The SMILES string of the molecule is CCOC(=O)C(C)(CCc1ccc(OC)cc1)NCc1ccccc1. The maximum atomic E-state index is 12.5. The van der Waals surface area contributed by atoms with Crippen molar-refractivity contribution in [1.82, 2.24) is 5.32 Å². The molecule has 1 unspecified atom stereocenters. The number of ether oxygens (including phenoxy) is 2. The molecule has 1 N–H and O–H groups in total. The average Bonchev–Trinajstić information content (AvgIpc) is 2.66. The molecule has 0 bridgehead atoms. The fourth-order valence-electron chi connectivity index (χ4n) is 2.63. The molecule has 0 radical (unpaired) electrons. The summed E-state index contributed by atoms with van der Waals surface area (Å²) in [6, 6.07) is 18.0. The van der Waals surface area contributed by atoms with Crippen LogP contribution in [-0.4, -0.2) is 25.2 Å². The standard InChI is InChI=1S/C21H27NO3/c1-4-25-20(23)21(2,22-16-18-8-6-5-7-9-18)15-14-17-10-12-19(24-3)13-11-17/h5-13,22H,4,14-16H2,1-3H3. The number of methoxy groups -OCH3 is 1. The number of nitrogens with one attached hydrogen (secondary N) is 1. The van der Waals surface area contributed by atoms with Gasteiger partial charge in [0.25, 0.3) is 0 Å². The highest BCUT2D eigenvalue weighted by molar-refractivity contribution is 5.80. The van der Waals surface area contributed by atoms with Gasteiger partial charge in [0.05, 0.1) is 13.7 Å². The summed E-state index contributed by atoms with van der Waals surface area (Å²) >= 11 is 0. The Labute approximate surface area is 150 Å². The molecule has 2 aromatic rings. The van der Waals surface area contributed by atoms with Gasteiger partial charge in [0, 0.05) is 6.54 Å². The van der Waals surface area contributed by atoms with Gasteiger partial charge in [-0.05, 0) is 49.9 Å². The number of hydrogen-bond acceptors (Lipinski definition) is 4. The van der Waals surface area contributed by atoms with E-state index in [1.54, 1.807) is 7.11 Å². The number of benzene rings is 2. The highest BCUT2D eigenvalue weighted by Crippen LogP contribution is 2.19. The Morgan fingerprint density at radius 1 is 1.04 bits per heavy atom. The summed E-state index contributed by atoms with van der Waals surface area (Å²) in [5.41, 5.74) is 1.58. The number of rotatable bonds is 9. The fourth-order valence-corrected chi connectivity index (χ4v) is 2.63. The van der Waals surface area contributed by atoms with E-state index in [0.29, 0.717) is 19.6 Å². The van der Waals surface area contributed by atoms with Crippen molar-refractivity contribution in [1.29, 1.82) is 0 Å². The van der Waals surface area contributed by atoms with Gasteiger partial charge >= 0.3 is 5.97 Å². The molecule has 0 aromatic heterocycles. The van der Waals surface area contributed by atoms with Crippen LogP contribution in [0.4, 0.5) is 0 Å². The van der Waals surface area contributed by atoms with E-state index in [0.717, 1.165) is 23.3 Å². The summed E-state index contributed by atoms with van der Waals surface area (Å²) in [6.07, 6.45) is 1.44. The summed E-state index contributed by atoms with van der Waals surface area (Å²) in [6.45, 7) is 4.75. The van der Waals surface area contributed by atoms with E-state index in [9.17, 15) is 4.79 Å². The molecule has 0 saturated carbocycles. The quantitative estimate of drug-likeness (QED) is 0.706. The molecule has 2 rings (SSSR count). The van der Waals surface area contributed by atoms with E-state index in [2.05, 4.69) is 5.32 Å². The molecule has 25 heavy (non-hydrogen) atoms. The van der Waals surface area contributed by atoms with Crippen LogP contribution in [0.5, 0.6) is 5.75 Å². The third-order valence-corrected chi connectivity index (χ3v) is 4.32. The summed E-state index contributed by atoms with van der Waals surface area (Å²) in [5.74, 6) is 0.624. The van der Waals surface area contributed by atoms with E-state index < -0.39 is 5.54 Å². The van der Waals surface area contributed by atoms with Crippen molar-refractivity contribution in [2.24, 2.45) is 0 Å². The van der Waals surface area contributed by atoms with Crippen molar-refractivity contribution >= 4 is 5.97 Å². The lowest BCUT2D eigenvalue weighted by molar-refractivity contribution is -0.150. The van der Waals surface area contributed by atoms with Gasteiger partial charge in [0.1, 0.15) is 11.3 Å². The van der Waals surface area contributed by atoms with Crippen molar-refractivity contribution in [2.75, 3.05) is 13.7 Å². The van der Waals surface area contributed by atoms with Gasteiger partial charge in [0.2, 0.25) is 0 Å². The van der Waals surface area contributed by atoms with Crippen LogP contribution in [0.25, 0.3) is 0 Å². The molecule has 0 aliphatic rings. The van der Waals surface area contributed by atoms with Gasteiger partial charge in [-0.2, -0.15) is 0 Å². The second kappa shape index (κ2) is 9.23. The van der Waals surface area contributed by atoms with Gasteiger partial charge in [-0.15, -0.1) is 0 Å². The Morgan fingerprint density at radius 3 is 2.32 bits per heavy atom. The van der Waals surface area contributed by atoms with Crippen molar-refractivity contribution in [2.45, 2.75) is 38.8 Å². The van der Waals surface area contributed by atoms with E-state index >= 15 is 0 Å². The first kappa shape index (κ1) is 19.0. The van der Waals surface area contributed by atoms with Crippen molar-refractivity contribution in [3.8, 4) is 5.75 Å². The zero-order valence-electron chi connectivity index (χ0n) is 15.2. The summed E-state index contributed by atoms with van der Waals surface area (Å²) < 4.78 is 10.5. The number of hydrogen-bond donors (Lipinski definition) is 1. The normalized spacial score (nSPS) is 13.1. The molecule has 0 aliphatic heterocycles. The van der Waals surface area contributed by atoms with Crippen molar-refractivity contribution in [3.63, 3.8) is 0 Å². The third kappa shape index (κ3) is 5.61. The summed E-state index contributed by atoms with van der Waals surface area (Å²) in [5, 5.41) is 3.39. The first-order valence-corrected chi connectivity index (χ1v) is 8.66. The van der Waals surface area contributed by atoms with Crippen LogP contribution in [0.15, 0.2) is 54.6 Å². The molecular formula is C21H27NO3. The van der Waals surface area contributed by atoms with Gasteiger partial charge in [0.15, 0.2) is 0 Å². The van der Waals surface area contributed by atoms with E-state index in [1.807, 2.05) is 68.4 Å².